The maximum Gasteiger partial charge on any atom is 0.218 e. The smallest absolute Gasteiger partial charge is 0.218 e. The molecule has 0 spiro atoms. The van der Waals surface area contributed by atoms with E-state index in [1.54, 1.807) is 0 Å². The first kappa shape index (κ1) is 9.48. The molecule has 12 heavy (non-hydrogen) atoms. The van der Waals surface area contributed by atoms with Crippen molar-refractivity contribution in [3.63, 3.8) is 0 Å². The summed E-state index contributed by atoms with van der Waals surface area (Å²) in [5.41, 5.74) is 10.7. The molecule has 4 heteroatoms. The summed E-state index contributed by atoms with van der Waals surface area (Å²) in [4.78, 5) is 10.8. The van der Waals surface area contributed by atoms with E-state index in [2.05, 4.69) is 0 Å². The first-order valence-electron chi connectivity index (χ1n) is 4.25. The highest BCUT2D eigenvalue weighted by molar-refractivity contribution is 5.74. The lowest BCUT2D eigenvalue weighted by Crippen LogP contribution is -2.39. The molecule has 1 aliphatic heterocycles. The van der Waals surface area contributed by atoms with E-state index in [-0.39, 0.29) is 11.3 Å². The number of nitrogens with two attached hydrogens (primary N) is 2. The second kappa shape index (κ2) is 3.87. The quantitative estimate of drug-likeness (QED) is 0.609. The van der Waals surface area contributed by atoms with E-state index in [1.165, 1.54) is 0 Å². The van der Waals surface area contributed by atoms with Crippen LogP contribution in [0.4, 0.5) is 0 Å². The summed E-state index contributed by atoms with van der Waals surface area (Å²) >= 11 is 0. The van der Waals surface area contributed by atoms with Crippen molar-refractivity contribution in [3.05, 3.63) is 0 Å². The molecule has 1 fully saturated rings. The monoisotopic (exact) mass is 172 g/mol. The molecular weight excluding hydrogens is 156 g/mol. The third-order valence-corrected chi connectivity index (χ3v) is 2.54. The van der Waals surface area contributed by atoms with Gasteiger partial charge in [0.25, 0.3) is 0 Å². The molecule has 4 N–H and O–H groups in total. The topological polar surface area (TPSA) is 78.3 Å². The predicted molar refractivity (Wildman–Crippen MR) is 45.4 cm³/mol. The average Bonchev–Trinajstić information content (AvgIpc) is 2.05. The van der Waals surface area contributed by atoms with Gasteiger partial charge < -0.3 is 16.2 Å². The van der Waals surface area contributed by atoms with Gasteiger partial charge in [-0.3, -0.25) is 4.79 Å². The number of carbonyl (C=O) groups is 1. The molecule has 70 valence electrons. The van der Waals surface area contributed by atoms with Crippen molar-refractivity contribution in [1.82, 2.24) is 0 Å². The van der Waals surface area contributed by atoms with Crippen LogP contribution in [-0.4, -0.2) is 25.7 Å². The summed E-state index contributed by atoms with van der Waals surface area (Å²) in [6.45, 7) is 1.92. The van der Waals surface area contributed by atoms with Crippen LogP contribution in [0.3, 0.4) is 0 Å². The van der Waals surface area contributed by atoms with Crippen LogP contribution in [0.5, 0.6) is 0 Å². The molecule has 1 heterocycles. The molecule has 0 aromatic rings. The highest BCUT2D eigenvalue weighted by atomic mass is 16.5. The Kier molecular flexibility index (Phi) is 3.05. The van der Waals surface area contributed by atoms with Crippen LogP contribution < -0.4 is 11.5 Å². The highest BCUT2D eigenvalue weighted by Gasteiger charge is 2.32. The van der Waals surface area contributed by atoms with Gasteiger partial charge in [-0.2, -0.15) is 0 Å². The van der Waals surface area contributed by atoms with Crippen LogP contribution in [0, 0.1) is 5.41 Å². The van der Waals surface area contributed by atoms with Crippen LogP contribution in [-0.2, 0) is 9.53 Å². The number of amides is 1. The Bertz CT molecular complexity index is 164. The molecule has 0 atom stereocenters. The number of carbonyl (C=O) groups excluding carboxylic acids is 1. The third kappa shape index (κ3) is 2.19. The molecule has 0 radical (unpaired) electrons. The molecule has 0 aromatic carbocycles. The lowest BCUT2D eigenvalue weighted by atomic mass is 9.77. The van der Waals surface area contributed by atoms with Crippen LogP contribution in [0.2, 0.25) is 0 Å². The number of ether oxygens (including phenoxy) is 1. The van der Waals surface area contributed by atoms with Gasteiger partial charge in [0.15, 0.2) is 0 Å². The summed E-state index contributed by atoms with van der Waals surface area (Å²) in [7, 11) is 0. The molecular formula is C8H16N2O2. The summed E-state index contributed by atoms with van der Waals surface area (Å²) in [6, 6.07) is 0. The predicted octanol–water partition coefficient (Wildman–Crippen LogP) is -0.383. The SMILES string of the molecule is NCC1(CC(N)=O)CCOCC1. The fourth-order valence-electron chi connectivity index (χ4n) is 1.63. The Balaban J connectivity index is 2.53. The van der Waals surface area contributed by atoms with E-state index in [4.69, 9.17) is 16.2 Å². The van der Waals surface area contributed by atoms with Gasteiger partial charge in [-0.15, -0.1) is 0 Å². The first-order chi connectivity index (χ1) is 5.68. The Morgan fingerprint density at radius 1 is 1.42 bits per heavy atom. The minimum atomic E-state index is -0.262. The van der Waals surface area contributed by atoms with Gasteiger partial charge in [-0.05, 0) is 24.8 Å². The standard InChI is InChI=1S/C8H16N2O2/c9-6-8(5-7(10)11)1-3-12-4-2-8/h1-6,9H2,(H2,10,11). The van der Waals surface area contributed by atoms with Gasteiger partial charge in [0.2, 0.25) is 5.91 Å². The summed E-state index contributed by atoms with van der Waals surface area (Å²) < 4.78 is 5.20. The van der Waals surface area contributed by atoms with Crippen molar-refractivity contribution < 1.29 is 9.53 Å². The maximum absolute atomic E-state index is 10.8. The Morgan fingerprint density at radius 2 is 2.00 bits per heavy atom. The van der Waals surface area contributed by atoms with Crippen LogP contribution >= 0.6 is 0 Å². The second-order valence-corrected chi connectivity index (χ2v) is 3.46. The summed E-state index contributed by atoms with van der Waals surface area (Å²) in [6.07, 6.45) is 2.10. The number of hydrogen-bond donors (Lipinski definition) is 2. The van der Waals surface area contributed by atoms with Gasteiger partial charge in [-0.1, -0.05) is 0 Å². The Hall–Kier alpha value is -0.610. The lowest BCUT2D eigenvalue weighted by molar-refractivity contribution is -0.121. The summed E-state index contributed by atoms with van der Waals surface area (Å²) in [5.74, 6) is -0.262. The highest BCUT2D eigenvalue weighted by Crippen LogP contribution is 2.32. The van der Waals surface area contributed by atoms with Crippen LogP contribution in [0.15, 0.2) is 0 Å². The fourth-order valence-corrected chi connectivity index (χ4v) is 1.63. The van der Waals surface area contributed by atoms with Crippen molar-refractivity contribution >= 4 is 5.91 Å². The largest absolute Gasteiger partial charge is 0.381 e. The van der Waals surface area contributed by atoms with Crippen molar-refractivity contribution in [2.45, 2.75) is 19.3 Å². The molecule has 4 nitrogen and oxygen atoms in total. The number of primary amides is 1. The maximum atomic E-state index is 10.8. The van der Waals surface area contributed by atoms with Gasteiger partial charge in [0.1, 0.15) is 0 Å². The van der Waals surface area contributed by atoms with E-state index >= 15 is 0 Å². The molecule has 1 amide bonds. The zero-order valence-electron chi connectivity index (χ0n) is 7.21. The van der Waals surface area contributed by atoms with Crippen molar-refractivity contribution in [2.24, 2.45) is 16.9 Å². The van der Waals surface area contributed by atoms with E-state index in [9.17, 15) is 4.79 Å². The molecule has 0 bridgehead atoms. The Morgan fingerprint density at radius 3 is 2.42 bits per heavy atom. The first-order valence-corrected chi connectivity index (χ1v) is 4.25. The van der Waals surface area contributed by atoms with Gasteiger partial charge in [0.05, 0.1) is 0 Å². The van der Waals surface area contributed by atoms with E-state index in [1.807, 2.05) is 0 Å². The molecule has 0 saturated carbocycles. The zero-order chi connectivity index (χ0) is 9.03. The van der Waals surface area contributed by atoms with Crippen LogP contribution in [0.1, 0.15) is 19.3 Å². The number of hydrogen-bond acceptors (Lipinski definition) is 3. The van der Waals surface area contributed by atoms with Gasteiger partial charge >= 0.3 is 0 Å². The molecule has 0 aliphatic carbocycles. The Labute approximate surface area is 72.2 Å². The van der Waals surface area contributed by atoms with Crippen molar-refractivity contribution in [2.75, 3.05) is 19.8 Å². The van der Waals surface area contributed by atoms with Gasteiger partial charge in [0, 0.05) is 19.6 Å². The minimum Gasteiger partial charge on any atom is -0.381 e. The molecule has 1 saturated heterocycles. The second-order valence-electron chi connectivity index (χ2n) is 3.46. The van der Waals surface area contributed by atoms with Crippen molar-refractivity contribution in [1.29, 1.82) is 0 Å². The van der Waals surface area contributed by atoms with E-state index in [0.29, 0.717) is 26.2 Å². The van der Waals surface area contributed by atoms with E-state index < -0.39 is 0 Å². The molecule has 0 unspecified atom stereocenters. The van der Waals surface area contributed by atoms with Crippen LogP contribution in [0.25, 0.3) is 0 Å². The lowest BCUT2D eigenvalue weighted by Gasteiger charge is -2.34. The average molecular weight is 172 g/mol. The molecule has 1 rings (SSSR count). The number of rotatable bonds is 3. The zero-order valence-corrected chi connectivity index (χ0v) is 7.21. The van der Waals surface area contributed by atoms with Crippen molar-refractivity contribution in [3.8, 4) is 0 Å². The minimum absolute atomic E-state index is 0.0793. The normalized spacial score (nSPS) is 22.1. The molecule has 1 aliphatic rings. The van der Waals surface area contributed by atoms with E-state index in [0.717, 1.165) is 12.8 Å². The molecule has 0 aromatic heterocycles. The van der Waals surface area contributed by atoms with Gasteiger partial charge in [-0.25, -0.2) is 0 Å². The third-order valence-electron chi connectivity index (χ3n) is 2.54. The fraction of sp³-hybridized carbons (Fsp3) is 0.875. The summed E-state index contributed by atoms with van der Waals surface area (Å²) in [5, 5.41) is 0.